The van der Waals surface area contributed by atoms with Gasteiger partial charge in [-0.25, -0.2) is 0 Å². The van der Waals surface area contributed by atoms with E-state index in [1.807, 2.05) is 24.3 Å². The molecule has 0 amide bonds. The number of fused-ring (bicyclic) bond motifs is 1. The van der Waals surface area contributed by atoms with Gasteiger partial charge in [-0.05, 0) is 6.07 Å². The topological polar surface area (TPSA) is 25.8 Å². The van der Waals surface area contributed by atoms with Crippen LogP contribution in [0.3, 0.4) is 0 Å². The summed E-state index contributed by atoms with van der Waals surface area (Å²) in [7, 11) is 0. The van der Waals surface area contributed by atoms with Crippen LogP contribution in [0.2, 0.25) is 0 Å². The minimum absolute atomic E-state index is 0.871. The summed E-state index contributed by atoms with van der Waals surface area (Å²) >= 11 is 4.25. The molecule has 0 N–H and O–H groups in total. The summed E-state index contributed by atoms with van der Waals surface area (Å²) < 4.78 is 0. The zero-order chi connectivity index (χ0) is 7.68. The summed E-state index contributed by atoms with van der Waals surface area (Å²) in [6, 6.07) is 7.79. The van der Waals surface area contributed by atoms with E-state index in [2.05, 4.69) is 22.8 Å². The molecule has 2 nitrogen and oxygen atoms in total. The van der Waals surface area contributed by atoms with E-state index < -0.39 is 0 Å². The fraction of sp³-hybridized carbons (Fsp3) is 0. The minimum Gasteiger partial charge on any atom is -0.157 e. The quantitative estimate of drug-likeness (QED) is 0.599. The minimum atomic E-state index is 0.871. The monoisotopic (exact) mass is 162 g/mol. The van der Waals surface area contributed by atoms with Crippen molar-refractivity contribution in [3.63, 3.8) is 0 Å². The second-order valence-electron chi connectivity index (χ2n) is 2.25. The summed E-state index contributed by atoms with van der Waals surface area (Å²) in [6.07, 6.45) is 1.64. The van der Waals surface area contributed by atoms with Gasteiger partial charge in [0, 0.05) is 10.3 Å². The number of benzene rings is 1. The molecule has 0 aliphatic heterocycles. The second kappa shape index (κ2) is 2.51. The Balaban J connectivity index is 2.91. The molecule has 11 heavy (non-hydrogen) atoms. The number of aromatic nitrogens is 2. The van der Waals surface area contributed by atoms with Crippen LogP contribution in [0.1, 0.15) is 0 Å². The average Bonchev–Trinajstić information content (AvgIpc) is 2.06. The van der Waals surface area contributed by atoms with Gasteiger partial charge in [-0.15, -0.1) is 12.6 Å². The maximum absolute atomic E-state index is 4.25. The third-order valence-electron chi connectivity index (χ3n) is 1.53. The van der Waals surface area contributed by atoms with Crippen LogP contribution in [0.15, 0.2) is 35.4 Å². The molecule has 2 rings (SSSR count). The van der Waals surface area contributed by atoms with E-state index in [1.165, 1.54) is 0 Å². The molecule has 0 radical (unpaired) electrons. The Kier molecular flexibility index (Phi) is 1.51. The van der Waals surface area contributed by atoms with Gasteiger partial charge >= 0.3 is 0 Å². The van der Waals surface area contributed by atoms with Crippen LogP contribution in [-0.4, -0.2) is 10.2 Å². The maximum atomic E-state index is 4.25. The molecule has 2 aromatic rings. The Morgan fingerprint density at radius 2 is 2.00 bits per heavy atom. The fourth-order valence-electron chi connectivity index (χ4n) is 0.993. The van der Waals surface area contributed by atoms with Crippen molar-refractivity contribution < 1.29 is 0 Å². The van der Waals surface area contributed by atoms with Crippen molar-refractivity contribution in [2.24, 2.45) is 0 Å². The van der Waals surface area contributed by atoms with Gasteiger partial charge in [-0.3, -0.25) is 0 Å². The Labute approximate surface area is 69.7 Å². The standard InChI is InChI=1S/C8H6N2S/c11-8-5-9-10-7-4-2-1-3-6(7)8/h1-5H,(H,10,11). The highest BCUT2D eigenvalue weighted by Gasteiger charge is 1.95. The summed E-state index contributed by atoms with van der Waals surface area (Å²) in [5.74, 6) is 0. The van der Waals surface area contributed by atoms with Crippen LogP contribution in [0.25, 0.3) is 10.9 Å². The van der Waals surface area contributed by atoms with Gasteiger partial charge < -0.3 is 0 Å². The Hall–Kier alpha value is -1.09. The molecule has 1 aromatic carbocycles. The molecule has 0 unspecified atom stereocenters. The Morgan fingerprint density at radius 1 is 1.18 bits per heavy atom. The van der Waals surface area contributed by atoms with E-state index in [9.17, 15) is 0 Å². The summed E-state index contributed by atoms with van der Waals surface area (Å²) in [4.78, 5) is 0.871. The van der Waals surface area contributed by atoms with Crippen LogP contribution < -0.4 is 0 Å². The molecule has 1 heterocycles. The molecule has 0 bridgehead atoms. The van der Waals surface area contributed by atoms with E-state index in [1.54, 1.807) is 6.20 Å². The normalized spacial score (nSPS) is 10.3. The molecule has 54 valence electrons. The summed E-state index contributed by atoms with van der Waals surface area (Å²) in [5.41, 5.74) is 0.889. The van der Waals surface area contributed by atoms with Crippen molar-refractivity contribution >= 4 is 23.5 Å². The van der Waals surface area contributed by atoms with Crippen molar-refractivity contribution in [3.05, 3.63) is 30.5 Å². The van der Waals surface area contributed by atoms with Crippen LogP contribution in [0.5, 0.6) is 0 Å². The third kappa shape index (κ3) is 1.07. The third-order valence-corrected chi connectivity index (χ3v) is 1.88. The van der Waals surface area contributed by atoms with Crippen molar-refractivity contribution in [2.75, 3.05) is 0 Å². The van der Waals surface area contributed by atoms with Crippen molar-refractivity contribution in [3.8, 4) is 0 Å². The molecule has 0 fully saturated rings. The number of rotatable bonds is 0. The van der Waals surface area contributed by atoms with Gasteiger partial charge in [0.1, 0.15) is 0 Å². The van der Waals surface area contributed by atoms with E-state index in [4.69, 9.17) is 0 Å². The molecule has 0 spiro atoms. The highest BCUT2D eigenvalue weighted by Crippen LogP contribution is 2.17. The number of nitrogens with zero attached hydrogens (tertiary/aromatic N) is 2. The first-order valence-electron chi connectivity index (χ1n) is 3.27. The SMILES string of the molecule is Sc1cnnc2ccccc12. The molecule has 1 aromatic heterocycles. The largest absolute Gasteiger partial charge is 0.157 e. The highest BCUT2D eigenvalue weighted by atomic mass is 32.1. The predicted molar refractivity (Wildman–Crippen MR) is 46.8 cm³/mol. The number of thiol groups is 1. The van der Waals surface area contributed by atoms with Crippen molar-refractivity contribution in [2.45, 2.75) is 4.90 Å². The zero-order valence-corrected chi connectivity index (χ0v) is 6.62. The Bertz CT molecular complexity index is 381. The Morgan fingerprint density at radius 3 is 2.82 bits per heavy atom. The fourth-order valence-corrected chi connectivity index (χ4v) is 1.23. The smallest absolute Gasteiger partial charge is 0.0940 e. The highest BCUT2D eigenvalue weighted by molar-refractivity contribution is 7.80. The van der Waals surface area contributed by atoms with E-state index in [-0.39, 0.29) is 0 Å². The predicted octanol–water partition coefficient (Wildman–Crippen LogP) is 1.92. The van der Waals surface area contributed by atoms with Gasteiger partial charge in [-0.1, -0.05) is 18.2 Å². The van der Waals surface area contributed by atoms with E-state index in [0.717, 1.165) is 15.8 Å². The van der Waals surface area contributed by atoms with Crippen molar-refractivity contribution in [1.82, 2.24) is 10.2 Å². The van der Waals surface area contributed by atoms with Crippen LogP contribution in [0.4, 0.5) is 0 Å². The lowest BCUT2D eigenvalue weighted by molar-refractivity contribution is 1.05. The van der Waals surface area contributed by atoms with Crippen molar-refractivity contribution in [1.29, 1.82) is 0 Å². The molecule has 0 aliphatic carbocycles. The molecule has 0 saturated carbocycles. The van der Waals surface area contributed by atoms with Gasteiger partial charge in [0.15, 0.2) is 0 Å². The lowest BCUT2D eigenvalue weighted by Crippen LogP contribution is -1.82. The average molecular weight is 162 g/mol. The van der Waals surface area contributed by atoms with Crippen LogP contribution in [-0.2, 0) is 0 Å². The first kappa shape index (κ1) is 6.61. The molecule has 0 saturated heterocycles. The van der Waals surface area contributed by atoms with E-state index >= 15 is 0 Å². The first-order chi connectivity index (χ1) is 5.38. The van der Waals surface area contributed by atoms with Gasteiger partial charge in [0.2, 0.25) is 0 Å². The lowest BCUT2D eigenvalue weighted by Gasteiger charge is -1.95. The maximum Gasteiger partial charge on any atom is 0.0940 e. The summed E-state index contributed by atoms with van der Waals surface area (Å²) in [6.45, 7) is 0. The van der Waals surface area contributed by atoms with E-state index in [0.29, 0.717) is 0 Å². The van der Waals surface area contributed by atoms with Gasteiger partial charge in [0.05, 0.1) is 11.7 Å². The number of hydrogen-bond donors (Lipinski definition) is 1. The lowest BCUT2D eigenvalue weighted by atomic mass is 10.2. The summed E-state index contributed by atoms with van der Waals surface area (Å²) in [5, 5.41) is 8.78. The molecule has 0 atom stereocenters. The van der Waals surface area contributed by atoms with Gasteiger partial charge in [-0.2, -0.15) is 10.2 Å². The number of hydrogen-bond acceptors (Lipinski definition) is 3. The van der Waals surface area contributed by atoms with Crippen LogP contribution in [0, 0.1) is 0 Å². The molecular weight excluding hydrogens is 156 g/mol. The molecule has 3 heteroatoms. The molecule has 0 aliphatic rings. The first-order valence-corrected chi connectivity index (χ1v) is 3.72. The zero-order valence-electron chi connectivity index (χ0n) is 5.73. The second-order valence-corrected chi connectivity index (χ2v) is 2.73. The van der Waals surface area contributed by atoms with Crippen LogP contribution >= 0.6 is 12.6 Å². The molecular formula is C8H6N2S. The van der Waals surface area contributed by atoms with Gasteiger partial charge in [0.25, 0.3) is 0 Å².